The highest BCUT2D eigenvalue weighted by molar-refractivity contribution is 6.21. The molecule has 0 bridgehead atoms. The van der Waals surface area contributed by atoms with Crippen molar-refractivity contribution in [3.8, 4) is 45.5 Å². The molecular weight excluding hydrogens is 755 g/mol. The second-order valence-corrected chi connectivity index (χ2v) is 16.1. The fraction of sp³-hybridized carbons (Fsp3) is 0. The number of hydrogen-bond acceptors (Lipinski definition) is 3. The first-order valence-corrected chi connectivity index (χ1v) is 21.0. The van der Waals surface area contributed by atoms with Crippen LogP contribution >= 0.6 is 0 Å². The van der Waals surface area contributed by atoms with Gasteiger partial charge >= 0.3 is 0 Å². The molecule has 0 unspecified atom stereocenters. The fourth-order valence-corrected chi connectivity index (χ4v) is 9.48. The van der Waals surface area contributed by atoms with E-state index < -0.39 is 0 Å². The van der Waals surface area contributed by atoms with E-state index >= 15 is 0 Å². The van der Waals surface area contributed by atoms with Gasteiger partial charge in [0.25, 0.3) is 0 Å². The van der Waals surface area contributed by atoms with Gasteiger partial charge in [-0.2, -0.15) is 0 Å². The zero-order valence-electron chi connectivity index (χ0n) is 33.4. The molecule has 0 radical (unpaired) electrons. The first-order chi connectivity index (χ1) is 30.7. The molecule has 3 heterocycles. The maximum absolute atomic E-state index is 5.00. The molecule has 0 fully saturated rings. The summed E-state index contributed by atoms with van der Waals surface area (Å²) in [7, 11) is 0. The van der Waals surface area contributed by atoms with Gasteiger partial charge in [-0.1, -0.05) is 152 Å². The molecule has 5 nitrogen and oxygen atoms in total. The Morgan fingerprint density at radius 3 is 1.35 bits per heavy atom. The van der Waals surface area contributed by atoms with Gasteiger partial charge in [0, 0.05) is 49.6 Å². The topological polar surface area (TPSA) is 48.5 Å². The summed E-state index contributed by atoms with van der Waals surface area (Å²) in [6.45, 7) is 0. The van der Waals surface area contributed by atoms with Crippen LogP contribution in [0.15, 0.2) is 212 Å². The normalized spacial score (nSPS) is 11.9. The molecule has 5 heteroatoms. The Labute approximate surface area is 356 Å². The molecule has 0 atom stereocenters. The highest BCUT2D eigenvalue weighted by Crippen LogP contribution is 2.41. The minimum absolute atomic E-state index is 0.643. The molecule has 13 aromatic rings. The van der Waals surface area contributed by atoms with Crippen LogP contribution in [0.25, 0.3) is 121 Å². The van der Waals surface area contributed by atoms with Crippen molar-refractivity contribution >= 4 is 75.9 Å². The van der Waals surface area contributed by atoms with Crippen molar-refractivity contribution in [2.45, 2.75) is 0 Å². The molecule has 0 N–H and O–H groups in total. The summed E-state index contributed by atoms with van der Waals surface area (Å²) in [6.07, 6.45) is 0. The van der Waals surface area contributed by atoms with Crippen LogP contribution < -0.4 is 0 Å². The number of nitrogens with zero attached hydrogens (tertiary/aromatic N) is 5. The lowest BCUT2D eigenvalue weighted by molar-refractivity contribution is 1.07. The zero-order valence-corrected chi connectivity index (χ0v) is 33.4. The summed E-state index contributed by atoms with van der Waals surface area (Å²) in [5, 5.41) is 12.1. The summed E-state index contributed by atoms with van der Waals surface area (Å²) >= 11 is 0. The third kappa shape index (κ3) is 5.45. The minimum atomic E-state index is 0.643. The first-order valence-electron chi connectivity index (χ1n) is 21.0. The van der Waals surface area contributed by atoms with E-state index in [0.717, 1.165) is 44.4 Å². The lowest BCUT2D eigenvalue weighted by Crippen LogP contribution is -2.00. The summed E-state index contributed by atoms with van der Waals surface area (Å²) in [5.41, 5.74) is 9.80. The van der Waals surface area contributed by atoms with Crippen LogP contribution in [0.4, 0.5) is 0 Å². The Morgan fingerprint density at radius 1 is 0.242 bits per heavy atom. The Hall–Kier alpha value is -8.41. The average Bonchev–Trinajstić information content (AvgIpc) is 3.83. The van der Waals surface area contributed by atoms with E-state index in [9.17, 15) is 0 Å². The molecule has 62 heavy (non-hydrogen) atoms. The molecule has 0 amide bonds. The number of aromatic nitrogens is 5. The SMILES string of the molecule is c1ccc(-c2nc(-c3ccccc3)nc(-c3ccc4cc(-n5c6ccccc6c6cc7c8cc9ccccc9cc8n(-c8ccc9ccccc9c8)c7cc65)ccc4c3)n2)cc1. The third-order valence-corrected chi connectivity index (χ3v) is 12.5. The van der Waals surface area contributed by atoms with E-state index in [0.29, 0.717) is 17.5 Å². The van der Waals surface area contributed by atoms with Crippen LogP contribution in [-0.2, 0) is 0 Å². The smallest absolute Gasteiger partial charge is 0.164 e. The second-order valence-electron chi connectivity index (χ2n) is 16.1. The molecule has 0 aliphatic carbocycles. The lowest BCUT2D eigenvalue weighted by atomic mass is 10.0. The van der Waals surface area contributed by atoms with Crippen LogP contribution in [0.5, 0.6) is 0 Å². The van der Waals surface area contributed by atoms with Gasteiger partial charge < -0.3 is 9.13 Å². The molecule has 0 spiro atoms. The number of benzene rings is 10. The van der Waals surface area contributed by atoms with Gasteiger partial charge in [0.2, 0.25) is 0 Å². The Kier molecular flexibility index (Phi) is 7.54. The number of rotatable bonds is 5. The maximum Gasteiger partial charge on any atom is 0.164 e. The van der Waals surface area contributed by atoms with Crippen molar-refractivity contribution in [3.63, 3.8) is 0 Å². The van der Waals surface area contributed by atoms with Crippen LogP contribution in [0.2, 0.25) is 0 Å². The summed E-state index contributed by atoms with van der Waals surface area (Å²) in [4.78, 5) is 14.9. The Bertz CT molecular complexity index is 3860. The molecule has 0 aliphatic rings. The largest absolute Gasteiger partial charge is 0.309 e. The summed E-state index contributed by atoms with van der Waals surface area (Å²) in [6, 6.07) is 76.0. The summed E-state index contributed by atoms with van der Waals surface area (Å²) < 4.78 is 4.89. The predicted octanol–water partition coefficient (Wildman–Crippen LogP) is 14.5. The van der Waals surface area contributed by atoms with Gasteiger partial charge in [-0.05, 0) is 93.0 Å². The van der Waals surface area contributed by atoms with Gasteiger partial charge in [0.05, 0.1) is 22.1 Å². The van der Waals surface area contributed by atoms with E-state index in [1.54, 1.807) is 0 Å². The van der Waals surface area contributed by atoms with Gasteiger partial charge in [-0.3, -0.25) is 0 Å². The fourth-order valence-electron chi connectivity index (χ4n) is 9.48. The molecule has 13 rings (SSSR count). The van der Waals surface area contributed by atoms with Crippen LogP contribution in [0.3, 0.4) is 0 Å². The molecule has 0 aliphatic heterocycles. The first kappa shape index (κ1) is 34.5. The minimum Gasteiger partial charge on any atom is -0.309 e. The van der Waals surface area contributed by atoms with E-state index in [1.807, 2.05) is 60.7 Å². The predicted molar refractivity (Wildman–Crippen MR) is 257 cm³/mol. The van der Waals surface area contributed by atoms with Crippen molar-refractivity contribution in [2.75, 3.05) is 0 Å². The highest BCUT2D eigenvalue weighted by atomic mass is 15.0. The van der Waals surface area contributed by atoms with Crippen LogP contribution in [0, 0.1) is 0 Å². The lowest BCUT2D eigenvalue weighted by Gasteiger charge is -2.12. The van der Waals surface area contributed by atoms with E-state index in [1.165, 1.54) is 59.6 Å². The van der Waals surface area contributed by atoms with Crippen LogP contribution in [-0.4, -0.2) is 24.1 Å². The molecular formula is C57H35N5. The molecule has 10 aromatic carbocycles. The average molecular weight is 790 g/mol. The van der Waals surface area contributed by atoms with E-state index in [2.05, 4.69) is 161 Å². The quantitative estimate of drug-likeness (QED) is 0.174. The summed E-state index contributed by atoms with van der Waals surface area (Å²) in [5.74, 6) is 1.95. The Balaban J connectivity index is 1.00. The second kappa shape index (κ2) is 13.6. The molecule has 0 saturated heterocycles. The third-order valence-electron chi connectivity index (χ3n) is 12.5. The zero-order chi connectivity index (χ0) is 40.7. The number of hydrogen-bond donors (Lipinski definition) is 0. The van der Waals surface area contributed by atoms with Crippen molar-refractivity contribution < 1.29 is 0 Å². The van der Waals surface area contributed by atoms with Gasteiger partial charge in [0.15, 0.2) is 17.5 Å². The van der Waals surface area contributed by atoms with E-state index in [-0.39, 0.29) is 0 Å². The van der Waals surface area contributed by atoms with E-state index in [4.69, 9.17) is 15.0 Å². The maximum atomic E-state index is 5.00. The van der Waals surface area contributed by atoms with Crippen LogP contribution in [0.1, 0.15) is 0 Å². The molecule has 288 valence electrons. The monoisotopic (exact) mass is 789 g/mol. The molecule has 3 aromatic heterocycles. The van der Waals surface area contributed by atoms with Crippen molar-refractivity contribution in [3.05, 3.63) is 212 Å². The Morgan fingerprint density at radius 2 is 0.677 bits per heavy atom. The highest BCUT2D eigenvalue weighted by Gasteiger charge is 2.20. The number of fused-ring (bicyclic) bond motifs is 9. The van der Waals surface area contributed by atoms with Gasteiger partial charge in [-0.25, -0.2) is 15.0 Å². The van der Waals surface area contributed by atoms with Crippen molar-refractivity contribution in [2.24, 2.45) is 0 Å². The van der Waals surface area contributed by atoms with Gasteiger partial charge in [-0.15, -0.1) is 0 Å². The van der Waals surface area contributed by atoms with Gasteiger partial charge in [0.1, 0.15) is 0 Å². The standard InChI is InChI=1S/C57H35N5/c1-3-14-37(15-4-1)55-58-56(38-16-5-2-6-17-38)60-57(59-55)44-24-23-43-31-45(28-26-42(43)29-44)61-51-22-12-11-21-47(51)49-34-50-48-32-40-19-9-10-20-41(40)33-52(48)62(54(50)35-53(49)61)46-27-25-36-13-7-8-18-39(36)30-46/h1-35H. The number of para-hydroxylation sites is 1. The molecule has 0 saturated carbocycles. The van der Waals surface area contributed by atoms with Crippen molar-refractivity contribution in [1.82, 2.24) is 24.1 Å². The van der Waals surface area contributed by atoms with Crippen molar-refractivity contribution in [1.29, 1.82) is 0 Å².